The molecule has 0 saturated heterocycles. The summed E-state index contributed by atoms with van der Waals surface area (Å²) in [5.74, 6) is 1.06. The van der Waals surface area contributed by atoms with Crippen LogP contribution in [0, 0.1) is 16.7 Å². The van der Waals surface area contributed by atoms with E-state index < -0.39 is 17.4 Å². The fraction of sp³-hybridized carbons (Fsp3) is 0.261. The molecule has 1 saturated carbocycles. The van der Waals surface area contributed by atoms with Crippen LogP contribution in [0.15, 0.2) is 54.5 Å². The Hall–Kier alpha value is -3.20. The number of nitrogens with zero attached hydrogens (tertiary/aromatic N) is 3. The summed E-state index contributed by atoms with van der Waals surface area (Å²) in [6.45, 7) is 3.73. The Morgan fingerprint density at radius 2 is 1.97 bits per heavy atom. The van der Waals surface area contributed by atoms with E-state index in [1.54, 1.807) is 43.3 Å². The summed E-state index contributed by atoms with van der Waals surface area (Å²) in [6.07, 6.45) is 3.28. The number of anilines is 1. The third kappa shape index (κ3) is 4.00. The SMILES string of the molecule is CC1(C(C)(C#N)NC(=O)c2ccccc2NC(=O)c2ccnn2-c2pcccc2Cl)CC1. The van der Waals surface area contributed by atoms with Gasteiger partial charge in [-0.3, -0.25) is 9.59 Å². The first-order valence-corrected chi connectivity index (χ1v) is 11.4. The van der Waals surface area contributed by atoms with Crippen molar-refractivity contribution < 1.29 is 9.59 Å². The third-order valence-corrected chi connectivity index (χ3v) is 7.46. The number of benzene rings is 1. The molecule has 0 radical (unpaired) electrons. The first-order valence-electron chi connectivity index (χ1n) is 10.1. The van der Waals surface area contributed by atoms with Gasteiger partial charge in [0.15, 0.2) is 0 Å². The largest absolute Gasteiger partial charge is 0.333 e. The Labute approximate surface area is 192 Å². The van der Waals surface area contributed by atoms with E-state index in [9.17, 15) is 14.9 Å². The van der Waals surface area contributed by atoms with Crippen LogP contribution in [-0.2, 0) is 0 Å². The second-order valence-corrected chi connectivity index (χ2v) is 9.58. The lowest BCUT2D eigenvalue weighted by atomic mass is 9.85. The number of rotatable bonds is 6. The molecule has 0 spiro atoms. The molecule has 9 heteroatoms. The number of halogens is 1. The zero-order valence-electron chi connectivity index (χ0n) is 17.6. The summed E-state index contributed by atoms with van der Waals surface area (Å²) >= 11 is 6.29. The minimum absolute atomic E-state index is 0.250. The molecule has 2 aromatic heterocycles. The van der Waals surface area contributed by atoms with Gasteiger partial charge in [-0.15, -0.1) is 0 Å². The van der Waals surface area contributed by atoms with Crippen molar-refractivity contribution in [3.8, 4) is 11.5 Å². The smallest absolute Gasteiger partial charge is 0.274 e. The van der Waals surface area contributed by atoms with Crippen LogP contribution in [0.5, 0.6) is 0 Å². The number of aromatic nitrogens is 2. The molecular formula is C23H21ClN5O2P. The molecule has 162 valence electrons. The zero-order valence-corrected chi connectivity index (χ0v) is 19.2. The molecule has 1 unspecified atom stereocenters. The lowest BCUT2D eigenvalue weighted by molar-refractivity contribution is 0.0898. The van der Waals surface area contributed by atoms with Gasteiger partial charge in [0.05, 0.1) is 28.5 Å². The van der Waals surface area contributed by atoms with Crippen LogP contribution in [0.4, 0.5) is 5.69 Å². The summed E-state index contributed by atoms with van der Waals surface area (Å²) in [6, 6.07) is 14.1. The Morgan fingerprint density at radius 3 is 2.66 bits per heavy atom. The summed E-state index contributed by atoms with van der Waals surface area (Å²) in [4.78, 5) is 26.1. The second-order valence-electron chi connectivity index (χ2n) is 8.19. The van der Waals surface area contributed by atoms with Crippen molar-refractivity contribution in [2.75, 3.05) is 5.32 Å². The Bertz CT molecular complexity index is 1250. The maximum Gasteiger partial charge on any atom is 0.274 e. The van der Waals surface area contributed by atoms with Gasteiger partial charge < -0.3 is 10.6 Å². The minimum atomic E-state index is -0.993. The van der Waals surface area contributed by atoms with E-state index in [2.05, 4.69) is 21.8 Å². The zero-order chi connectivity index (χ0) is 22.9. The highest BCUT2D eigenvalue weighted by Crippen LogP contribution is 2.53. The van der Waals surface area contributed by atoms with Gasteiger partial charge in [0.25, 0.3) is 11.8 Å². The van der Waals surface area contributed by atoms with Crippen LogP contribution in [0.1, 0.15) is 47.5 Å². The molecule has 0 bridgehead atoms. The highest BCUT2D eigenvalue weighted by atomic mass is 35.5. The third-order valence-electron chi connectivity index (χ3n) is 6.03. The molecule has 7 nitrogen and oxygen atoms in total. The van der Waals surface area contributed by atoms with E-state index in [0.717, 1.165) is 21.0 Å². The maximum atomic E-state index is 13.1. The highest BCUT2D eigenvalue weighted by molar-refractivity contribution is 7.32. The minimum Gasteiger partial charge on any atom is -0.333 e. The molecule has 1 aliphatic carbocycles. The molecule has 1 atom stereocenters. The van der Waals surface area contributed by atoms with E-state index >= 15 is 0 Å². The fourth-order valence-electron chi connectivity index (χ4n) is 3.45. The molecule has 4 rings (SSSR count). The van der Waals surface area contributed by atoms with Crippen molar-refractivity contribution >= 4 is 37.3 Å². The van der Waals surface area contributed by atoms with Gasteiger partial charge in [-0.1, -0.05) is 36.7 Å². The quantitative estimate of drug-likeness (QED) is 0.524. The van der Waals surface area contributed by atoms with Gasteiger partial charge in [-0.2, -0.15) is 10.4 Å². The van der Waals surface area contributed by atoms with Crippen LogP contribution >= 0.6 is 19.8 Å². The molecule has 2 amide bonds. The van der Waals surface area contributed by atoms with E-state index in [-0.39, 0.29) is 16.7 Å². The molecule has 1 aromatic carbocycles. The van der Waals surface area contributed by atoms with Gasteiger partial charge in [-0.05, 0) is 58.0 Å². The second kappa shape index (κ2) is 8.38. The van der Waals surface area contributed by atoms with E-state index in [0.29, 0.717) is 16.1 Å². The predicted octanol–water partition coefficient (Wildman–Crippen LogP) is 5.17. The number of carbonyl (C=O) groups excluding carboxylic acids is 2. The van der Waals surface area contributed by atoms with E-state index in [4.69, 9.17) is 11.6 Å². The lowest BCUT2D eigenvalue weighted by Gasteiger charge is -2.30. The normalized spacial score (nSPS) is 16.1. The fourth-order valence-corrected chi connectivity index (χ4v) is 4.53. The van der Waals surface area contributed by atoms with Crippen LogP contribution < -0.4 is 10.6 Å². The van der Waals surface area contributed by atoms with Crippen LogP contribution in [0.25, 0.3) is 5.42 Å². The average Bonchev–Trinajstić information content (AvgIpc) is 3.36. The molecule has 3 aromatic rings. The van der Waals surface area contributed by atoms with Crippen LogP contribution in [0.3, 0.4) is 0 Å². The van der Waals surface area contributed by atoms with Crippen molar-refractivity contribution in [2.45, 2.75) is 32.2 Å². The molecular weight excluding hydrogens is 445 g/mol. The monoisotopic (exact) mass is 465 g/mol. The standard InChI is InChI=1S/C23H21ClN5O2P/c1-22(10-11-22)23(2,14-25)28-19(30)15-6-3-4-8-17(15)27-20(31)18-9-12-26-29(18)21-16(24)7-5-13-32-21/h3-9,12-13H,10-11H2,1-2H3,(H,27,31)(H,28,30). The number of amides is 2. The average molecular weight is 466 g/mol. The topological polar surface area (TPSA) is 99.8 Å². The molecule has 1 aliphatic rings. The highest BCUT2D eigenvalue weighted by Gasteiger charge is 2.54. The first-order chi connectivity index (χ1) is 15.3. The van der Waals surface area contributed by atoms with E-state index in [1.807, 2.05) is 18.8 Å². The number of para-hydroxylation sites is 1. The van der Waals surface area contributed by atoms with Crippen LogP contribution in [-0.4, -0.2) is 27.1 Å². The first kappa shape index (κ1) is 22.0. The molecule has 2 N–H and O–H groups in total. The van der Waals surface area contributed by atoms with Gasteiger partial charge in [0, 0.05) is 5.41 Å². The molecule has 0 aliphatic heterocycles. The summed E-state index contributed by atoms with van der Waals surface area (Å²) in [5.41, 5.74) is 0.334. The van der Waals surface area contributed by atoms with Gasteiger partial charge in [0.2, 0.25) is 0 Å². The Kier molecular flexibility index (Phi) is 5.77. The van der Waals surface area contributed by atoms with Gasteiger partial charge >= 0.3 is 0 Å². The Morgan fingerprint density at radius 1 is 1.22 bits per heavy atom. The Balaban J connectivity index is 1.59. The lowest BCUT2D eigenvalue weighted by Crippen LogP contribution is -2.51. The summed E-state index contributed by atoms with van der Waals surface area (Å²) in [7, 11) is 0.813. The number of carbonyl (C=O) groups is 2. The van der Waals surface area contributed by atoms with Crippen molar-refractivity contribution in [3.63, 3.8) is 0 Å². The number of hydrogen-bond acceptors (Lipinski definition) is 4. The molecule has 2 heterocycles. The van der Waals surface area contributed by atoms with E-state index in [1.165, 1.54) is 10.9 Å². The molecule has 1 fully saturated rings. The molecule has 32 heavy (non-hydrogen) atoms. The van der Waals surface area contributed by atoms with Crippen molar-refractivity contribution in [2.24, 2.45) is 5.41 Å². The van der Waals surface area contributed by atoms with Crippen LogP contribution in [0.2, 0.25) is 5.02 Å². The van der Waals surface area contributed by atoms with Crippen molar-refractivity contribution in [3.05, 3.63) is 70.7 Å². The number of nitrogens with one attached hydrogen (secondary N) is 2. The summed E-state index contributed by atoms with van der Waals surface area (Å²) in [5, 5.41) is 20.1. The van der Waals surface area contributed by atoms with Gasteiger partial charge in [-0.25, -0.2) is 4.68 Å². The number of hydrogen-bond donors (Lipinski definition) is 2. The number of nitriles is 1. The predicted molar refractivity (Wildman–Crippen MR) is 124 cm³/mol. The van der Waals surface area contributed by atoms with Crippen molar-refractivity contribution in [1.82, 2.24) is 15.1 Å². The van der Waals surface area contributed by atoms with Crippen molar-refractivity contribution in [1.29, 1.82) is 5.26 Å². The maximum absolute atomic E-state index is 13.1. The summed E-state index contributed by atoms with van der Waals surface area (Å²) < 4.78 is 1.49. The van der Waals surface area contributed by atoms with Gasteiger partial charge in [0.1, 0.15) is 16.7 Å².